The predicted molar refractivity (Wildman–Crippen MR) is 77.0 cm³/mol. The Bertz CT molecular complexity index is 485. The van der Waals surface area contributed by atoms with Gasteiger partial charge in [-0.25, -0.2) is 0 Å². The van der Waals surface area contributed by atoms with Gasteiger partial charge in [0.2, 0.25) is 0 Å². The van der Waals surface area contributed by atoms with Gasteiger partial charge in [0, 0.05) is 19.5 Å². The van der Waals surface area contributed by atoms with Crippen molar-refractivity contribution in [2.45, 2.75) is 12.0 Å². The first-order valence-electron chi connectivity index (χ1n) is 6.45. The molecule has 0 amide bonds. The Hall–Kier alpha value is -1.68. The molecule has 0 radical (unpaired) electrons. The Morgan fingerprint density at radius 3 is 1.84 bits per heavy atom. The molecular formula is C16H20N2O. The highest BCUT2D eigenvalue weighted by Gasteiger charge is 2.26. The molecule has 0 saturated heterocycles. The predicted octanol–water partition coefficient (Wildman–Crippen LogP) is 2.79. The van der Waals surface area contributed by atoms with E-state index in [2.05, 4.69) is 12.1 Å². The highest BCUT2D eigenvalue weighted by atomic mass is 16.5. The van der Waals surface area contributed by atoms with Crippen LogP contribution in [0.4, 0.5) is 0 Å². The van der Waals surface area contributed by atoms with Gasteiger partial charge in [-0.05, 0) is 11.1 Å². The first-order valence-corrected chi connectivity index (χ1v) is 6.45. The van der Waals surface area contributed by atoms with Crippen LogP contribution in [0.15, 0.2) is 60.7 Å². The summed E-state index contributed by atoms with van der Waals surface area (Å²) in [6.45, 7) is 0.481. The van der Waals surface area contributed by atoms with Gasteiger partial charge in [-0.3, -0.25) is 0 Å². The first kappa shape index (κ1) is 13.7. The van der Waals surface area contributed by atoms with E-state index in [1.54, 1.807) is 7.05 Å². The first-order chi connectivity index (χ1) is 9.24. The van der Waals surface area contributed by atoms with E-state index in [1.807, 2.05) is 48.5 Å². The molecule has 0 aliphatic carbocycles. The lowest BCUT2D eigenvalue weighted by Gasteiger charge is -2.31. The van der Waals surface area contributed by atoms with Gasteiger partial charge < -0.3 is 10.9 Å². The Morgan fingerprint density at radius 1 is 0.947 bits per heavy atom. The minimum atomic E-state index is -0.145. The van der Waals surface area contributed by atoms with Crippen LogP contribution in [0, 0.1) is 0 Å². The molecule has 3 nitrogen and oxygen atoms in total. The Balaban J connectivity index is 2.38. The SMILES string of the molecule is CN(O)[C@H](c1ccccc1)[C@@H](CN)c1ccccc1. The maximum atomic E-state index is 10.0. The van der Waals surface area contributed by atoms with Gasteiger partial charge in [0.15, 0.2) is 0 Å². The molecule has 19 heavy (non-hydrogen) atoms. The van der Waals surface area contributed by atoms with Crippen LogP contribution in [-0.4, -0.2) is 23.9 Å². The number of nitrogens with two attached hydrogens (primary N) is 1. The van der Waals surface area contributed by atoms with E-state index in [4.69, 9.17) is 5.73 Å². The average molecular weight is 256 g/mol. The van der Waals surface area contributed by atoms with Crippen molar-refractivity contribution in [3.05, 3.63) is 71.8 Å². The lowest BCUT2D eigenvalue weighted by atomic mass is 9.87. The van der Waals surface area contributed by atoms with E-state index >= 15 is 0 Å². The summed E-state index contributed by atoms with van der Waals surface area (Å²) in [6, 6.07) is 19.9. The second kappa shape index (κ2) is 6.48. The van der Waals surface area contributed by atoms with Crippen molar-refractivity contribution in [2.75, 3.05) is 13.6 Å². The molecule has 100 valence electrons. The number of hydrogen-bond acceptors (Lipinski definition) is 3. The fraction of sp³-hybridized carbons (Fsp3) is 0.250. The van der Waals surface area contributed by atoms with Gasteiger partial charge in [-0.2, -0.15) is 5.06 Å². The van der Waals surface area contributed by atoms with Gasteiger partial charge in [-0.1, -0.05) is 60.7 Å². The zero-order valence-electron chi connectivity index (χ0n) is 11.1. The van der Waals surface area contributed by atoms with Crippen LogP contribution in [0.3, 0.4) is 0 Å². The second-order valence-corrected chi connectivity index (χ2v) is 4.68. The third kappa shape index (κ3) is 3.20. The highest BCUT2D eigenvalue weighted by Crippen LogP contribution is 2.33. The van der Waals surface area contributed by atoms with Gasteiger partial charge in [-0.15, -0.1) is 0 Å². The maximum absolute atomic E-state index is 10.0. The van der Waals surface area contributed by atoms with Crippen LogP contribution in [0.5, 0.6) is 0 Å². The van der Waals surface area contributed by atoms with Crippen molar-refractivity contribution in [3.63, 3.8) is 0 Å². The Labute approximate surface area is 114 Å². The normalized spacial score (nSPS) is 14.3. The summed E-state index contributed by atoms with van der Waals surface area (Å²) in [5.41, 5.74) is 8.14. The Morgan fingerprint density at radius 2 is 1.42 bits per heavy atom. The van der Waals surface area contributed by atoms with Gasteiger partial charge in [0.25, 0.3) is 0 Å². The fourth-order valence-electron chi connectivity index (χ4n) is 2.51. The molecule has 3 N–H and O–H groups in total. The third-order valence-electron chi connectivity index (χ3n) is 3.41. The molecule has 0 saturated carbocycles. The Kier molecular flexibility index (Phi) is 4.68. The van der Waals surface area contributed by atoms with E-state index in [1.165, 1.54) is 5.06 Å². The molecule has 3 heteroatoms. The van der Waals surface area contributed by atoms with Crippen molar-refractivity contribution in [2.24, 2.45) is 5.73 Å². The van der Waals surface area contributed by atoms with Gasteiger partial charge >= 0.3 is 0 Å². The van der Waals surface area contributed by atoms with Crippen LogP contribution in [0.25, 0.3) is 0 Å². The number of rotatable bonds is 5. The zero-order valence-corrected chi connectivity index (χ0v) is 11.1. The molecule has 2 rings (SSSR count). The maximum Gasteiger partial charge on any atom is 0.0676 e. The number of hydrogen-bond donors (Lipinski definition) is 2. The van der Waals surface area contributed by atoms with Crippen molar-refractivity contribution < 1.29 is 5.21 Å². The van der Waals surface area contributed by atoms with E-state index in [0.29, 0.717) is 6.54 Å². The van der Waals surface area contributed by atoms with E-state index in [0.717, 1.165) is 11.1 Å². The quantitative estimate of drug-likeness (QED) is 0.809. The smallest absolute Gasteiger partial charge is 0.0676 e. The van der Waals surface area contributed by atoms with Crippen LogP contribution in [0.1, 0.15) is 23.1 Å². The lowest BCUT2D eigenvalue weighted by Crippen LogP contribution is -2.31. The lowest BCUT2D eigenvalue weighted by molar-refractivity contribution is -0.111. The number of nitrogens with zero attached hydrogens (tertiary/aromatic N) is 1. The highest BCUT2D eigenvalue weighted by molar-refractivity contribution is 5.28. The molecule has 0 aliphatic heterocycles. The van der Waals surface area contributed by atoms with Gasteiger partial charge in [0.1, 0.15) is 0 Å². The van der Waals surface area contributed by atoms with Crippen molar-refractivity contribution in [1.29, 1.82) is 0 Å². The molecule has 0 unspecified atom stereocenters. The molecule has 0 spiro atoms. The number of hydroxylamine groups is 2. The average Bonchev–Trinajstić information content (AvgIpc) is 2.46. The summed E-state index contributed by atoms with van der Waals surface area (Å²) in [7, 11) is 1.67. The van der Waals surface area contributed by atoms with E-state index in [-0.39, 0.29) is 12.0 Å². The van der Waals surface area contributed by atoms with Crippen LogP contribution >= 0.6 is 0 Å². The second-order valence-electron chi connectivity index (χ2n) is 4.68. The standard InChI is InChI=1S/C16H20N2O/c1-18(19)16(14-10-6-3-7-11-14)15(12-17)13-8-4-2-5-9-13/h2-11,15-16,19H,12,17H2,1H3/t15-,16+/m0/s1. The van der Waals surface area contributed by atoms with Crippen LogP contribution < -0.4 is 5.73 Å². The summed E-state index contributed by atoms with van der Waals surface area (Å²) >= 11 is 0. The molecule has 0 heterocycles. The molecule has 0 fully saturated rings. The van der Waals surface area contributed by atoms with Gasteiger partial charge in [0.05, 0.1) is 6.04 Å². The molecule has 0 bridgehead atoms. The summed E-state index contributed by atoms with van der Waals surface area (Å²) in [6.07, 6.45) is 0. The van der Waals surface area contributed by atoms with E-state index in [9.17, 15) is 5.21 Å². The largest absolute Gasteiger partial charge is 0.330 e. The van der Waals surface area contributed by atoms with Crippen molar-refractivity contribution >= 4 is 0 Å². The topological polar surface area (TPSA) is 49.5 Å². The summed E-state index contributed by atoms with van der Waals surface area (Å²) in [5.74, 6) is 0.0543. The van der Waals surface area contributed by atoms with E-state index < -0.39 is 0 Å². The third-order valence-corrected chi connectivity index (χ3v) is 3.41. The summed E-state index contributed by atoms with van der Waals surface area (Å²) in [5, 5.41) is 11.3. The minimum absolute atomic E-state index is 0.0543. The molecule has 2 aromatic rings. The molecule has 2 aromatic carbocycles. The molecular weight excluding hydrogens is 236 g/mol. The number of benzene rings is 2. The van der Waals surface area contributed by atoms with Crippen LogP contribution in [-0.2, 0) is 0 Å². The monoisotopic (exact) mass is 256 g/mol. The fourth-order valence-corrected chi connectivity index (χ4v) is 2.51. The minimum Gasteiger partial charge on any atom is -0.330 e. The molecule has 0 aromatic heterocycles. The van der Waals surface area contributed by atoms with Crippen LogP contribution in [0.2, 0.25) is 0 Å². The molecule has 2 atom stereocenters. The van der Waals surface area contributed by atoms with Crippen molar-refractivity contribution in [3.8, 4) is 0 Å². The molecule has 0 aliphatic rings. The number of likely N-dealkylation sites (N-methyl/N-ethyl adjacent to an activating group) is 1. The summed E-state index contributed by atoms with van der Waals surface area (Å²) in [4.78, 5) is 0. The summed E-state index contributed by atoms with van der Waals surface area (Å²) < 4.78 is 0. The zero-order chi connectivity index (χ0) is 13.7. The van der Waals surface area contributed by atoms with Crippen molar-refractivity contribution in [1.82, 2.24) is 5.06 Å².